The summed E-state index contributed by atoms with van der Waals surface area (Å²) in [5.41, 5.74) is 3.34. The molecule has 0 unspecified atom stereocenters. The van der Waals surface area contributed by atoms with E-state index in [1.165, 1.54) is 12.1 Å². The number of aromatic hydroxyl groups is 1. The van der Waals surface area contributed by atoms with Gasteiger partial charge in [0.1, 0.15) is 17.3 Å². The second-order valence-electron chi connectivity index (χ2n) is 6.58. The molecule has 0 saturated carbocycles. The molecule has 144 valence electrons. The van der Waals surface area contributed by atoms with E-state index in [0.29, 0.717) is 28.1 Å². The highest BCUT2D eigenvalue weighted by atomic mass is 19.1. The Morgan fingerprint density at radius 3 is 2.38 bits per heavy atom. The number of rotatable bonds is 4. The standard InChI is InChI=1S/C23H16FNO4/c1-13-16(14-5-3-2-4-6-14)9-10-18(22(13)26)21-12-20(25-29-21)15-7-8-17(23(27)28)19(24)11-15/h2-12,26H,1H3,(H,27,28). The molecule has 29 heavy (non-hydrogen) atoms. The minimum absolute atomic E-state index is 0.0708. The number of nitrogens with zero attached hydrogens (tertiary/aromatic N) is 1. The molecule has 0 radical (unpaired) electrons. The minimum atomic E-state index is -1.34. The van der Waals surface area contributed by atoms with E-state index in [2.05, 4.69) is 5.16 Å². The summed E-state index contributed by atoms with van der Waals surface area (Å²) in [5.74, 6) is -1.80. The number of carbonyl (C=O) groups is 1. The number of carboxylic acid groups (broad SMARTS) is 1. The molecule has 2 N–H and O–H groups in total. The van der Waals surface area contributed by atoms with E-state index >= 15 is 0 Å². The Kier molecular flexibility index (Phi) is 4.60. The zero-order valence-corrected chi connectivity index (χ0v) is 15.4. The summed E-state index contributed by atoms with van der Waals surface area (Å²) in [4.78, 5) is 11.0. The van der Waals surface area contributed by atoms with Crippen molar-refractivity contribution in [1.29, 1.82) is 0 Å². The lowest BCUT2D eigenvalue weighted by molar-refractivity contribution is 0.0692. The van der Waals surface area contributed by atoms with Gasteiger partial charge in [-0.1, -0.05) is 47.6 Å². The first-order chi connectivity index (χ1) is 14.0. The van der Waals surface area contributed by atoms with Gasteiger partial charge in [-0.05, 0) is 41.8 Å². The van der Waals surface area contributed by atoms with Crippen LogP contribution in [-0.4, -0.2) is 21.3 Å². The number of hydrogen-bond donors (Lipinski definition) is 2. The summed E-state index contributed by atoms with van der Waals surface area (Å²) in [6, 6.07) is 18.6. The van der Waals surface area contributed by atoms with Crippen molar-refractivity contribution in [2.24, 2.45) is 0 Å². The largest absolute Gasteiger partial charge is 0.507 e. The topological polar surface area (TPSA) is 83.6 Å². The van der Waals surface area contributed by atoms with Crippen LogP contribution in [0.5, 0.6) is 5.75 Å². The molecule has 0 bridgehead atoms. The van der Waals surface area contributed by atoms with Crippen LogP contribution in [0.15, 0.2) is 71.3 Å². The number of phenols is 1. The van der Waals surface area contributed by atoms with Crippen LogP contribution < -0.4 is 0 Å². The minimum Gasteiger partial charge on any atom is -0.507 e. The maximum absolute atomic E-state index is 14.0. The lowest BCUT2D eigenvalue weighted by atomic mass is 9.96. The fourth-order valence-corrected chi connectivity index (χ4v) is 3.22. The first-order valence-electron chi connectivity index (χ1n) is 8.84. The smallest absolute Gasteiger partial charge is 0.338 e. The van der Waals surface area contributed by atoms with Gasteiger partial charge in [-0.25, -0.2) is 9.18 Å². The maximum Gasteiger partial charge on any atom is 0.338 e. The zero-order chi connectivity index (χ0) is 20.5. The summed E-state index contributed by atoms with van der Waals surface area (Å²) >= 11 is 0. The van der Waals surface area contributed by atoms with Crippen LogP contribution in [0.25, 0.3) is 33.7 Å². The van der Waals surface area contributed by atoms with Crippen molar-refractivity contribution in [3.8, 4) is 39.5 Å². The van der Waals surface area contributed by atoms with Gasteiger partial charge >= 0.3 is 5.97 Å². The van der Waals surface area contributed by atoms with Crippen molar-refractivity contribution in [2.75, 3.05) is 0 Å². The average Bonchev–Trinajstić information content (AvgIpc) is 3.20. The van der Waals surface area contributed by atoms with Crippen molar-refractivity contribution in [2.45, 2.75) is 6.92 Å². The molecule has 5 nitrogen and oxygen atoms in total. The molecule has 0 atom stereocenters. The monoisotopic (exact) mass is 389 g/mol. The molecule has 0 saturated heterocycles. The third-order valence-corrected chi connectivity index (χ3v) is 4.79. The maximum atomic E-state index is 14.0. The number of carboxylic acids is 1. The molecule has 3 aromatic carbocycles. The molecule has 4 rings (SSSR count). The van der Waals surface area contributed by atoms with Crippen molar-refractivity contribution >= 4 is 5.97 Å². The number of benzene rings is 3. The van der Waals surface area contributed by atoms with Gasteiger partial charge in [0.25, 0.3) is 0 Å². The number of phenolic OH excluding ortho intramolecular Hbond substituents is 1. The fourth-order valence-electron chi connectivity index (χ4n) is 3.22. The Morgan fingerprint density at radius 1 is 0.966 bits per heavy atom. The number of halogens is 1. The molecular formula is C23H16FNO4. The molecule has 0 aliphatic carbocycles. The second-order valence-corrected chi connectivity index (χ2v) is 6.58. The second kappa shape index (κ2) is 7.24. The van der Waals surface area contributed by atoms with E-state index in [9.17, 15) is 14.3 Å². The molecule has 1 heterocycles. The van der Waals surface area contributed by atoms with Gasteiger partial charge in [0.05, 0.1) is 11.1 Å². The normalized spacial score (nSPS) is 10.8. The first kappa shape index (κ1) is 18.4. The lowest BCUT2D eigenvalue weighted by Crippen LogP contribution is -2.00. The van der Waals surface area contributed by atoms with Gasteiger partial charge in [-0.2, -0.15) is 0 Å². The SMILES string of the molecule is Cc1c(-c2ccccc2)ccc(-c2cc(-c3ccc(C(=O)O)c(F)c3)no2)c1O. The molecule has 0 fully saturated rings. The van der Waals surface area contributed by atoms with Crippen LogP contribution in [0, 0.1) is 12.7 Å². The Hall–Kier alpha value is -3.93. The van der Waals surface area contributed by atoms with Gasteiger partial charge in [-0.15, -0.1) is 0 Å². The van der Waals surface area contributed by atoms with Crippen LogP contribution in [-0.2, 0) is 0 Å². The van der Waals surface area contributed by atoms with Crippen LogP contribution in [0.1, 0.15) is 15.9 Å². The summed E-state index contributed by atoms with van der Waals surface area (Å²) in [5, 5.41) is 23.6. The van der Waals surface area contributed by atoms with Crippen molar-refractivity contribution < 1.29 is 23.9 Å². The highest BCUT2D eigenvalue weighted by Gasteiger charge is 2.18. The van der Waals surface area contributed by atoms with E-state index in [4.69, 9.17) is 9.63 Å². The third kappa shape index (κ3) is 3.36. The highest BCUT2D eigenvalue weighted by molar-refractivity contribution is 5.88. The molecule has 4 aromatic rings. The van der Waals surface area contributed by atoms with Gasteiger partial charge in [-0.3, -0.25) is 0 Å². The number of aromatic carboxylic acids is 1. The molecule has 0 spiro atoms. The van der Waals surface area contributed by atoms with E-state index < -0.39 is 17.3 Å². The Bertz CT molecular complexity index is 1220. The van der Waals surface area contributed by atoms with Crippen molar-refractivity contribution in [3.63, 3.8) is 0 Å². The average molecular weight is 389 g/mol. The van der Waals surface area contributed by atoms with Crippen molar-refractivity contribution in [1.82, 2.24) is 5.16 Å². The van der Waals surface area contributed by atoms with Gasteiger partial charge in [0.2, 0.25) is 0 Å². The molecule has 6 heteroatoms. The molecule has 0 amide bonds. The fraction of sp³-hybridized carbons (Fsp3) is 0.0435. The van der Waals surface area contributed by atoms with E-state index in [1.54, 1.807) is 12.1 Å². The molecular weight excluding hydrogens is 373 g/mol. The number of aromatic nitrogens is 1. The van der Waals surface area contributed by atoms with Crippen LogP contribution >= 0.6 is 0 Å². The van der Waals surface area contributed by atoms with E-state index in [-0.39, 0.29) is 5.75 Å². The Labute approximate surface area is 165 Å². The van der Waals surface area contributed by atoms with Crippen LogP contribution in [0.4, 0.5) is 4.39 Å². The zero-order valence-electron chi connectivity index (χ0n) is 15.4. The summed E-state index contributed by atoms with van der Waals surface area (Å²) < 4.78 is 19.3. The predicted molar refractivity (Wildman–Crippen MR) is 106 cm³/mol. The van der Waals surface area contributed by atoms with Crippen LogP contribution in [0.2, 0.25) is 0 Å². The van der Waals surface area contributed by atoms with Crippen molar-refractivity contribution in [3.05, 3.63) is 83.7 Å². The quantitative estimate of drug-likeness (QED) is 0.480. The van der Waals surface area contributed by atoms with E-state index in [1.807, 2.05) is 43.3 Å². The lowest BCUT2D eigenvalue weighted by Gasteiger charge is -2.10. The predicted octanol–water partition coefficient (Wildman–Crippen LogP) is 5.53. The van der Waals surface area contributed by atoms with Crippen LogP contribution in [0.3, 0.4) is 0 Å². The summed E-state index contributed by atoms with van der Waals surface area (Å²) in [6.45, 7) is 1.82. The van der Waals surface area contributed by atoms with Gasteiger partial charge in [0.15, 0.2) is 5.76 Å². The summed E-state index contributed by atoms with van der Waals surface area (Å²) in [7, 11) is 0. The Balaban J connectivity index is 1.71. The first-order valence-corrected chi connectivity index (χ1v) is 8.84. The molecule has 0 aliphatic heterocycles. The molecule has 0 aliphatic rings. The number of hydrogen-bond acceptors (Lipinski definition) is 4. The van der Waals surface area contributed by atoms with E-state index in [0.717, 1.165) is 17.2 Å². The van der Waals surface area contributed by atoms with Gasteiger partial charge in [0, 0.05) is 11.6 Å². The Morgan fingerprint density at radius 2 is 1.69 bits per heavy atom. The van der Waals surface area contributed by atoms with Gasteiger partial charge < -0.3 is 14.7 Å². The summed E-state index contributed by atoms with van der Waals surface area (Å²) in [6.07, 6.45) is 0. The third-order valence-electron chi connectivity index (χ3n) is 4.79. The highest BCUT2D eigenvalue weighted by Crippen LogP contribution is 2.38. The molecule has 1 aromatic heterocycles.